The van der Waals surface area contributed by atoms with Crippen LogP contribution in [0.1, 0.15) is 195 Å². The summed E-state index contributed by atoms with van der Waals surface area (Å²) in [5, 5.41) is 0. The lowest BCUT2D eigenvalue weighted by molar-refractivity contribution is -0.0653. The molecule has 0 heteroatoms. The fourth-order valence-corrected chi connectivity index (χ4v) is 13.2. The first kappa shape index (κ1) is 45.4. The van der Waals surface area contributed by atoms with E-state index in [2.05, 4.69) is 128 Å². The van der Waals surface area contributed by atoms with Crippen molar-refractivity contribution in [2.75, 3.05) is 0 Å². The number of allylic oxidation sites excluding steroid dienone is 7. The van der Waals surface area contributed by atoms with Crippen molar-refractivity contribution in [1.29, 1.82) is 0 Å². The molecule has 1 saturated carbocycles. The van der Waals surface area contributed by atoms with Gasteiger partial charge in [-0.1, -0.05) is 162 Å². The highest BCUT2D eigenvalue weighted by atomic mass is 14.7. The van der Waals surface area contributed by atoms with Gasteiger partial charge in [-0.25, -0.2) is 0 Å². The predicted octanol–water partition coefficient (Wildman–Crippen LogP) is 17.2. The van der Waals surface area contributed by atoms with Crippen LogP contribution in [-0.4, -0.2) is 0 Å². The van der Waals surface area contributed by atoms with Crippen molar-refractivity contribution in [2.45, 2.75) is 186 Å². The van der Waals surface area contributed by atoms with Crippen LogP contribution in [0.15, 0.2) is 79.0 Å². The maximum Gasteiger partial charge on any atom is 0.0156 e. The van der Waals surface area contributed by atoms with E-state index in [4.69, 9.17) is 13.2 Å². The molecule has 0 saturated heterocycles. The van der Waals surface area contributed by atoms with E-state index in [1.165, 1.54) is 120 Å². The predicted molar refractivity (Wildman–Crippen MR) is 247 cm³/mol. The summed E-state index contributed by atoms with van der Waals surface area (Å²) in [6.07, 6.45) is 19.6. The van der Waals surface area contributed by atoms with E-state index in [9.17, 15) is 0 Å². The summed E-state index contributed by atoms with van der Waals surface area (Å²) in [6.45, 7) is 55.1. The summed E-state index contributed by atoms with van der Waals surface area (Å²) in [6, 6.07) is 4.96. The van der Waals surface area contributed by atoms with Crippen molar-refractivity contribution in [1.82, 2.24) is 0 Å². The first-order chi connectivity index (χ1) is 25.7. The Bertz CT molecular complexity index is 1640. The molecule has 0 aromatic heterocycles. The molecule has 55 heavy (non-hydrogen) atoms. The zero-order valence-corrected chi connectivity index (χ0v) is 38.6. The van der Waals surface area contributed by atoms with Crippen LogP contribution in [0.25, 0.3) is 5.57 Å². The van der Waals surface area contributed by atoms with E-state index in [-0.39, 0.29) is 16.2 Å². The average molecular weight is 747 g/mol. The molecule has 4 rings (SSSR count). The zero-order valence-electron chi connectivity index (χ0n) is 38.6. The highest BCUT2D eigenvalue weighted by Crippen LogP contribution is 2.75. The molecular formula is C55H86. The van der Waals surface area contributed by atoms with Crippen LogP contribution in [-0.2, 0) is 6.42 Å². The Morgan fingerprint density at radius 1 is 0.927 bits per heavy atom. The maximum atomic E-state index is 5.00. The van der Waals surface area contributed by atoms with Crippen molar-refractivity contribution < 1.29 is 0 Å². The van der Waals surface area contributed by atoms with Crippen LogP contribution in [0.3, 0.4) is 0 Å². The van der Waals surface area contributed by atoms with Crippen molar-refractivity contribution in [3.8, 4) is 0 Å². The van der Waals surface area contributed by atoms with Gasteiger partial charge >= 0.3 is 0 Å². The largest absolute Gasteiger partial charge is 0.103 e. The molecule has 1 fully saturated rings. The lowest BCUT2D eigenvalue weighted by Crippen LogP contribution is -2.60. The van der Waals surface area contributed by atoms with Gasteiger partial charge in [0.15, 0.2) is 0 Å². The van der Waals surface area contributed by atoms with Gasteiger partial charge < -0.3 is 0 Å². The third-order valence-electron chi connectivity index (χ3n) is 17.5. The molecule has 0 radical (unpaired) electrons. The SMILES string of the molecule is C=CCC(C)CCC(CC)(CCC(=C)CCCc1ccc2c(c1C)C(=C)C1=C(C)[C@@]3(C)C(=C)C(C(=C)C)C(C)C[C@@]3(C)[C@H](C)[C@@]1(C)[C@@H]2C)CCC(C)CCC. The summed E-state index contributed by atoms with van der Waals surface area (Å²) in [5.74, 6) is 3.33. The second kappa shape index (κ2) is 17.7. The first-order valence-electron chi connectivity index (χ1n) is 22.9. The summed E-state index contributed by atoms with van der Waals surface area (Å²) in [4.78, 5) is 0. The van der Waals surface area contributed by atoms with Gasteiger partial charge in [-0.3, -0.25) is 0 Å². The van der Waals surface area contributed by atoms with Gasteiger partial charge in [-0.05, 0) is 159 Å². The van der Waals surface area contributed by atoms with Gasteiger partial charge in [-0.2, -0.15) is 0 Å². The summed E-state index contributed by atoms with van der Waals surface area (Å²) in [5.41, 5.74) is 14.7. The maximum absolute atomic E-state index is 5.00. The quantitative estimate of drug-likeness (QED) is 0.124. The lowest BCUT2D eigenvalue weighted by Gasteiger charge is -2.68. The van der Waals surface area contributed by atoms with E-state index < -0.39 is 0 Å². The third-order valence-corrected chi connectivity index (χ3v) is 17.5. The topological polar surface area (TPSA) is 0 Å². The normalized spacial score (nSPS) is 31.2. The Hall–Kier alpha value is -2.34. The van der Waals surface area contributed by atoms with E-state index in [1.807, 2.05) is 0 Å². The van der Waals surface area contributed by atoms with Crippen LogP contribution in [0.2, 0.25) is 0 Å². The molecule has 3 aliphatic rings. The molecule has 0 N–H and O–H groups in total. The number of hydrogen-bond donors (Lipinski definition) is 0. The summed E-state index contributed by atoms with van der Waals surface area (Å²) < 4.78 is 0. The number of benzene rings is 1. The Kier molecular flexibility index (Phi) is 14.6. The minimum absolute atomic E-state index is 0.00955. The molecule has 1 aromatic carbocycles. The first-order valence-corrected chi connectivity index (χ1v) is 22.9. The molecule has 0 amide bonds. The molecule has 0 heterocycles. The third kappa shape index (κ3) is 8.07. The van der Waals surface area contributed by atoms with Crippen molar-refractivity contribution in [3.05, 3.63) is 101 Å². The van der Waals surface area contributed by atoms with Crippen LogP contribution in [0.4, 0.5) is 0 Å². The Morgan fingerprint density at radius 3 is 2.15 bits per heavy atom. The van der Waals surface area contributed by atoms with E-state index in [0.29, 0.717) is 29.1 Å². The number of aryl methyl sites for hydroxylation is 1. The van der Waals surface area contributed by atoms with Gasteiger partial charge in [0.2, 0.25) is 0 Å². The van der Waals surface area contributed by atoms with Crippen molar-refractivity contribution >= 4 is 5.57 Å². The fraction of sp³-hybridized carbons (Fsp3) is 0.673. The summed E-state index contributed by atoms with van der Waals surface area (Å²) in [7, 11) is 0. The monoisotopic (exact) mass is 747 g/mol. The van der Waals surface area contributed by atoms with Crippen LogP contribution in [0.5, 0.6) is 0 Å². The zero-order chi connectivity index (χ0) is 41.3. The Morgan fingerprint density at radius 2 is 1.56 bits per heavy atom. The standard InChI is InChI=1S/C55H86/c1-19-23-37(6)29-32-55(21-3,33-30-38(7)24-20-2)34-31-39(8)25-22-26-47-27-28-48-43(12)53(17)46(15)52(16)35-40(9)49(36(4)5)44(13)54(52,18)45(14)51(53)42(11)50(48)41(47)10/h19,27-28,37-38,40,43,46,49H,1,4,8,11,13,20-26,29-35H2,2-3,5-7,9-10,12,14-18H3/t37?,38?,40?,43-,46+,49?,52+,53-,54-,55?/m1/s1. The molecule has 1 aromatic rings. The minimum Gasteiger partial charge on any atom is -0.103 e. The Labute approximate surface area is 342 Å². The molecule has 306 valence electrons. The molecule has 3 aliphatic carbocycles. The molecule has 0 aliphatic heterocycles. The second-order valence-electron chi connectivity index (χ2n) is 20.6. The summed E-state index contributed by atoms with van der Waals surface area (Å²) >= 11 is 0. The van der Waals surface area contributed by atoms with Crippen LogP contribution >= 0.6 is 0 Å². The number of fused-ring (bicyclic) bond motifs is 3. The molecule has 5 unspecified atom stereocenters. The van der Waals surface area contributed by atoms with Crippen molar-refractivity contribution in [2.24, 2.45) is 51.2 Å². The molecular weight excluding hydrogens is 661 g/mol. The van der Waals surface area contributed by atoms with Gasteiger partial charge in [-0.15, -0.1) is 6.58 Å². The van der Waals surface area contributed by atoms with Gasteiger partial charge in [0.1, 0.15) is 0 Å². The Balaban J connectivity index is 1.55. The van der Waals surface area contributed by atoms with E-state index in [1.54, 1.807) is 0 Å². The molecule has 0 nitrogen and oxygen atoms in total. The minimum atomic E-state index is -0.101. The average Bonchev–Trinajstić information content (AvgIpc) is 3.12. The van der Waals surface area contributed by atoms with Crippen LogP contribution in [0, 0.1) is 58.2 Å². The van der Waals surface area contributed by atoms with Crippen molar-refractivity contribution in [3.63, 3.8) is 0 Å². The number of rotatable bonds is 19. The molecule has 10 atom stereocenters. The van der Waals surface area contributed by atoms with Gasteiger partial charge in [0.05, 0.1) is 0 Å². The van der Waals surface area contributed by atoms with E-state index >= 15 is 0 Å². The second-order valence-corrected chi connectivity index (χ2v) is 20.6. The molecule has 0 bridgehead atoms. The fourth-order valence-electron chi connectivity index (χ4n) is 13.2. The van der Waals surface area contributed by atoms with Gasteiger partial charge in [0, 0.05) is 16.7 Å². The molecule has 0 spiro atoms. The highest BCUT2D eigenvalue weighted by Gasteiger charge is 2.66. The van der Waals surface area contributed by atoms with E-state index in [0.717, 1.165) is 37.5 Å². The smallest absolute Gasteiger partial charge is 0.0156 e. The highest BCUT2D eigenvalue weighted by molar-refractivity contribution is 5.87. The van der Waals surface area contributed by atoms with Gasteiger partial charge in [0.25, 0.3) is 0 Å². The lowest BCUT2D eigenvalue weighted by atomic mass is 9.35. The number of hydrogen-bond acceptors (Lipinski definition) is 0. The van der Waals surface area contributed by atoms with Crippen LogP contribution < -0.4 is 0 Å².